The minimum atomic E-state index is -3.97. The van der Waals surface area contributed by atoms with Gasteiger partial charge in [-0.05, 0) is 6.07 Å². The molecule has 0 aromatic carbocycles. The number of carboxylic acids is 1. The molecule has 3 N–H and O–H groups in total. The summed E-state index contributed by atoms with van der Waals surface area (Å²) in [6.45, 7) is -1.19. The van der Waals surface area contributed by atoms with E-state index in [0.29, 0.717) is 0 Å². The number of hydrogen-bond donors (Lipinski definition) is 3. The van der Waals surface area contributed by atoms with Crippen LogP contribution in [0.3, 0.4) is 0 Å². The minimum absolute atomic E-state index is 0.0246. The van der Waals surface area contributed by atoms with Gasteiger partial charge in [0.15, 0.2) is 0 Å². The lowest BCUT2D eigenvalue weighted by molar-refractivity contribution is -0.137. The first-order valence-corrected chi connectivity index (χ1v) is 7.71. The van der Waals surface area contributed by atoms with Crippen molar-refractivity contribution in [3.63, 3.8) is 0 Å². The largest absolute Gasteiger partial charge is 0.480 e. The highest BCUT2D eigenvalue weighted by atomic mass is 35.5. The van der Waals surface area contributed by atoms with E-state index in [-0.39, 0.29) is 13.6 Å². The van der Waals surface area contributed by atoms with Crippen molar-refractivity contribution >= 4 is 56.4 Å². The first-order valence-electron chi connectivity index (χ1n) is 4.65. The van der Waals surface area contributed by atoms with Crippen LogP contribution in [0.4, 0.5) is 0 Å². The zero-order chi connectivity index (χ0) is 14.6. The summed E-state index contributed by atoms with van der Waals surface area (Å²) < 4.78 is 25.7. The Kier molecular flexibility index (Phi) is 5.56. The van der Waals surface area contributed by atoms with Crippen molar-refractivity contribution in [2.24, 2.45) is 0 Å². The normalized spacial score (nSPS) is 11.3. The molecule has 19 heavy (non-hydrogen) atoms. The molecule has 0 fully saturated rings. The van der Waals surface area contributed by atoms with Crippen LogP contribution < -0.4 is 10.0 Å². The van der Waals surface area contributed by atoms with Gasteiger partial charge in [-0.15, -0.1) is 11.3 Å². The van der Waals surface area contributed by atoms with E-state index >= 15 is 0 Å². The van der Waals surface area contributed by atoms with Gasteiger partial charge in [0, 0.05) is 0 Å². The van der Waals surface area contributed by atoms with E-state index in [1.807, 2.05) is 10.0 Å². The Hall–Kier alpha value is -0.870. The van der Waals surface area contributed by atoms with Crippen LogP contribution >= 0.6 is 34.5 Å². The fourth-order valence-electron chi connectivity index (χ4n) is 0.983. The second kappa shape index (κ2) is 6.53. The lowest BCUT2D eigenvalue weighted by Gasteiger charge is -2.05. The third-order valence-corrected chi connectivity index (χ3v) is 4.93. The number of halogens is 2. The van der Waals surface area contributed by atoms with Gasteiger partial charge in [-0.25, -0.2) is 13.1 Å². The van der Waals surface area contributed by atoms with Gasteiger partial charge in [0.25, 0.3) is 0 Å². The average Bonchev–Trinajstić information content (AvgIpc) is 2.64. The molecule has 7 nitrogen and oxygen atoms in total. The zero-order valence-electron chi connectivity index (χ0n) is 9.14. The number of carbonyl (C=O) groups is 2. The Morgan fingerprint density at radius 1 is 1.32 bits per heavy atom. The Labute approximate surface area is 122 Å². The van der Waals surface area contributed by atoms with Gasteiger partial charge in [-0.3, -0.25) is 9.59 Å². The smallest absolute Gasteiger partial charge is 0.322 e. The molecule has 0 aliphatic carbocycles. The number of sulfonamides is 1. The standard InChI is InChI=1S/C8H8Cl2N2O5S2/c9-5-1-4(8(10)18-5)19(16,17)12-2-6(13)11-3-7(14)15/h1,12H,2-3H2,(H,11,13)(H,14,15). The van der Waals surface area contributed by atoms with Gasteiger partial charge in [0.2, 0.25) is 15.9 Å². The van der Waals surface area contributed by atoms with Crippen LogP contribution in [0.5, 0.6) is 0 Å². The summed E-state index contributed by atoms with van der Waals surface area (Å²) >= 11 is 12.2. The van der Waals surface area contributed by atoms with E-state index in [0.717, 1.165) is 17.4 Å². The number of amides is 1. The van der Waals surface area contributed by atoms with Gasteiger partial charge < -0.3 is 10.4 Å². The monoisotopic (exact) mass is 346 g/mol. The SMILES string of the molecule is O=C(O)CNC(=O)CNS(=O)(=O)c1cc(Cl)sc1Cl. The van der Waals surface area contributed by atoms with Crippen LogP contribution in [0, 0.1) is 0 Å². The molecule has 1 aromatic heterocycles. The molecule has 0 saturated heterocycles. The lowest BCUT2D eigenvalue weighted by atomic mass is 10.5. The number of carboxylic acid groups (broad SMARTS) is 1. The van der Waals surface area contributed by atoms with Crippen LogP contribution in [-0.2, 0) is 19.6 Å². The molecule has 0 atom stereocenters. The molecule has 1 rings (SSSR count). The zero-order valence-corrected chi connectivity index (χ0v) is 12.3. The van der Waals surface area contributed by atoms with Gasteiger partial charge in [0.1, 0.15) is 15.8 Å². The molecule has 0 spiro atoms. The molecule has 0 radical (unpaired) electrons. The lowest BCUT2D eigenvalue weighted by Crippen LogP contribution is -2.38. The molecule has 0 aliphatic rings. The Balaban J connectivity index is 2.64. The molecule has 0 unspecified atom stereocenters. The quantitative estimate of drug-likeness (QED) is 0.695. The van der Waals surface area contributed by atoms with Gasteiger partial charge in [-0.2, -0.15) is 0 Å². The van der Waals surface area contributed by atoms with E-state index in [1.54, 1.807) is 0 Å². The van der Waals surface area contributed by atoms with Gasteiger partial charge in [0.05, 0.1) is 10.9 Å². The number of carbonyl (C=O) groups excluding carboxylic acids is 1. The summed E-state index contributed by atoms with van der Waals surface area (Å²) in [5.74, 6) is -2.01. The summed E-state index contributed by atoms with van der Waals surface area (Å²) in [4.78, 5) is 21.1. The number of nitrogens with one attached hydrogen (secondary N) is 2. The van der Waals surface area contributed by atoms with E-state index in [1.165, 1.54) is 0 Å². The molecule has 0 saturated carbocycles. The van der Waals surface area contributed by atoms with Crippen molar-refractivity contribution in [2.75, 3.05) is 13.1 Å². The van der Waals surface area contributed by atoms with Crippen molar-refractivity contribution in [3.05, 3.63) is 14.7 Å². The summed E-state index contributed by atoms with van der Waals surface area (Å²) in [5.41, 5.74) is 0. The fraction of sp³-hybridized carbons (Fsp3) is 0.250. The highest BCUT2D eigenvalue weighted by molar-refractivity contribution is 7.89. The topological polar surface area (TPSA) is 113 Å². The van der Waals surface area contributed by atoms with E-state index < -0.39 is 35.0 Å². The van der Waals surface area contributed by atoms with Crippen LogP contribution in [0.2, 0.25) is 8.67 Å². The van der Waals surface area contributed by atoms with Crippen LogP contribution in [0.25, 0.3) is 0 Å². The summed E-state index contributed by atoms with van der Waals surface area (Å²) in [7, 11) is -3.97. The maximum Gasteiger partial charge on any atom is 0.322 e. The first kappa shape index (κ1) is 16.2. The van der Waals surface area contributed by atoms with Crippen molar-refractivity contribution < 1.29 is 23.1 Å². The molecule has 1 amide bonds. The second-order valence-electron chi connectivity index (χ2n) is 3.18. The number of thiophene rings is 1. The summed E-state index contributed by atoms with van der Waals surface area (Å²) in [5, 5.41) is 10.3. The maximum absolute atomic E-state index is 11.8. The van der Waals surface area contributed by atoms with Crippen LogP contribution in [-0.4, -0.2) is 38.5 Å². The first-order chi connectivity index (χ1) is 8.72. The predicted molar refractivity (Wildman–Crippen MR) is 70.2 cm³/mol. The van der Waals surface area contributed by atoms with Gasteiger partial charge in [-0.1, -0.05) is 23.2 Å². The Bertz CT molecular complexity index is 598. The van der Waals surface area contributed by atoms with Crippen molar-refractivity contribution in [2.45, 2.75) is 4.90 Å². The van der Waals surface area contributed by atoms with Crippen LogP contribution in [0.1, 0.15) is 0 Å². The van der Waals surface area contributed by atoms with Crippen molar-refractivity contribution in [3.8, 4) is 0 Å². The Morgan fingerprint density at radius 2 is 1.95 bits per heavy atom. The van der Waals surface area contributed by atoms with E-state index in [2.05, 4.69) is 0 Å². The average molecular weight is 347 g/mol. The summed E-state index contributed by atoms with van der Waals surface area (Å²) in [6, 6.07) is 1.16. The fourth-order valence-corrected chi connectivity index (χ4v) is 4.11. The van der Waals surface area contributed by atoms with Crippen molar-refractivity contribution in [1.29, 1.82) is 0 Å². The highest BCUT2D eigenvalue weighted by Gasteiger charge is 2.21. The van der Waals surface area contributed by atoms with Crippen molar-refractivity contribution in [1.82, 2.24) is 10.0 Å². The molecule has 11 heteroatoms. The number of hydrogen-bond acceptors (Lipinski definition) is 5. The Morgan fingerprint density at radius 3 is 2.42 bits per heavy atom. The third-order valence-electron chi connectivity index (χ3n) is 1.77. The molecule has 1 heterocycles. The maximum atomic E-state index is 11.8. The molecule has 0 aliphatic heterocycles. The predicted octanol–water partition coefficient (Wildman–Crippen LogP) is 0.534. The summed E-state index contributed by atoms with van der Waals surface area (Å²) in [6.07, 6.45) is 0. The van der Waals surface area contributed by atoms with Gasteiger partial charge >= 0.3 is 5.97 Å². The van der Waals surface area contributed by atoms with Crippen LogP contribution in [0.15, 0.2) is 11.0 Å². The second-order valence-corrected chi connectivity index (χ2v) is 7.20. The number of rotatable bonds is 6. The number of aliphatic carboxylic acids is 1. The molecule has 106 valence electrons. The molecule has 1 aromatic rings. The highest BCUT2D eigenvalue weighted by Crippen LogP contribution is 2.33. The van der Waals surface area contributed by atoms with E-state index in [9.17, 15) is 18.0 Å². The molecular weight excluding hydrogens is 339 g/mol. The molecular formula is C8H8Cl2N2O5S2. The third kappa shape index (κ3) is 4.96. The van der Waals surface area contributed by atoms with E-state index in [4.69, 9.17) is 28.3 Å². The minimum Gasteiger partial charge on any atom is -0.480 e. The molecule has 0 bridgehead atoms.